The second-order valence-electron chi connectivity index (χ2n) is 5.43. The van der Waals surface area contributed by atoms with E-state index in [1.165, 1.54) is 16.2 Å². The van der Waals surface area contributed by atoms with Gasteiger partial charge < -0.3 is 9.15 Å². The molecule has 0 unspecified atom stereocenters. The number of amides is 1. The molecule has 3 aromatic rings. The van der Waals surface area contributed by atoms with E-state index in [0.29, 0.717) is 10.6 Å². The van der Waals surface area contributed by atoms with Gasteiger partial charge in [-0.15, -0.1) is 16.4 Å². The Bertz CT molecular complexity index is 963. The summed E-state index contributed by atoms with van der Waals surface area (Å²) < 4.78 is 11.0. The first-order chi connectivity index (χ1) is 13.1. The standard InChI is InChI=1S/C18H17N3O5S/c1-2-25-16(23)12-20(13-7-4-3-5-8-13)15(22)11-21-18(24)26-17(19-21)14-9-6-10-27-14/h3-10H,2,11-12H2,1H3. The first kappa shape index (κ1) is 18.6. The number of esters is 1. The van der Waals surface area contributed by atoms with Crippen LogP contribution in [0.4, 0.5) is 5.69 Å². The van der Waals surface area contributed by atoms with Crippen LogP contribution in [0.5, 0.6) is 0 Å². The minimum Gasteiger partial charge on any atom is -0.465 e. The Kier molecular flexibility index (Phi) is 5.82. The number of para-hydroxylation sites is 1. The lowest BCUT2D eigenvalue weighted by molar-refractivity contribution is -0.142. The van der Waals surface area contributed by atoms with Crippen molar-refractivity contribution in [1.29, 1.82) is 0 Å². The first-order valence-electron chi connectivity index (χ1n) is 8.21. The van der Waals surface area contributed by atoms with Gasteiger partial charge in [0.15, 0.2) is 0 Å². The first-order valence-corrected chi connectivity index (χ1v) is 9.09. The number of rotatable bonds is 7. The van der Waals surface area contributed by atoms with Gasteiger partial charge in [-0.1, -0.05) is 24.3 Å². The monoisotopic (exact) mass is 387 g/mol. The summed E-state index contributed by atoms with van der Waals surface area (Å²) in [5.41, 5.74) is 0.519. The fourth-order valence-corrected chi connectivity index (χ4v) is 3.03. The fourth-order valence-electron chi connectivity index (χ4n) is 2.39. The van der Waals surface area contributed by atoms with Crippen LogP contribution in [0.1, 0.15) is 6.92 Å². The molecule has 1 amide bonds. The largest absolute Gasteiger partial charge is 0.465 e. The van der Waals surface area contributed by atoms with Crippen molar-refractivity contribution in [3.8, 4) is 10.8 Å². The third kappa shape index (κ3) is 4.50. The van der Waals surface area contributed by atoms with Crippen LogP contribution < -0.4 is 10.7 Å². The molecule has 0 saturated heterocycles. The molecule has 0 N–H and O–H groups in total. The SMILES string of the molecule is CCOC(=O)CN(C(=O)Cn1nc(-c2cccs2)oc1=O)c1ccccc1. The molecule has 27 heavy (non-hydrogen) atoms. The molecule has 2 aromatic heterocycles. The number of carbonyl (C=O) groups is 2. The van der Waals surface area contributed by atoms with Gasteiger partial charge in [-0.05, 0) is 30.5 Å². The van der Waals surface area contributed by atoms with Crippen LogP contribution >= 0.6 is 11.3 Å². The van der Waals surface area contributed by atoms with Crippen molar-refractivity contribution in [2.75, 3.05) is 18.1 Å². The molecule has 140 valence electrons. The second kappa shape index (κ2) is 8.45. The van der Waals surface area contributed by atoms with E-state index >= 15 is 0 Å². The number of anilines is 1. The van der Waals surface area contributed by atoms with Gasteiger partial charge in [0.1, 0.15) is 13.1 Å². The highest BCUT2D eigenvalue weighted by Crippen LogP contribution is 2.21. The van der Waals surface area contributed by atoms with Crippen LogP contribution in [-0.2, 0) is 20.9 Å². The zero-order chi connectivity index (χ0) is 19.2. The van der Waals surface area contributed by atoms with Crippen molar-refractivity contribution >= 4 is 28.9 Å². The maximum Gasteiger partial charge on any atom is 0.437 e. The van der Waals surface area contributed by atoms with Crippen LogP contribution in [0.15, 0.2) is 57.1 Å². The number of thiophene rings is 1. The molecule has 0 aliphatic heterocycles. The predicted octanol–water partition coefficient (Wildman–Crippen LogP) is 2.16. The van der Waals surface area contributed by atoms with Gasteiger partial charge in [0.2, 0.25) is 5.91 Å². The summed E-state index contributed by atoms with van der Waals surface area (Å²) in [6, 6.07) is 12.3. The third-order valence-electron chi connectivity index (χ3n) is 3.58. The summed E-state index contributed by atoms with van der Waals surface area (Å²) in [5, 5.41) is 5.90. The highest BCUT2D eigenvalue weighted by molar-refractivity contribution is 7.13. The van der Waals surface area contributed by atoms with Gasteiger partial charge in [-0.25, -0.2) is 4.79 Å². The molecule has 0 bridgehead atoms. The molecular formula is C18H17N3O5S. The number of carbonyl (C=O) groups excluding carboxylic acids is 2. The third-order valence-corrected chi connectivity index (χ3v) is 4.44. The summed E-state index contributed by atoms with van der Waals surface area (Å²) in [4.78, 5) is 38.6. The van der Waals surface area contributed by atoms with E-state index in [-0.39, 0.29) is 25.6 Å². The molecule has 0 aliphatic rings. The predicted molar refractivity (Wildman–Crippen MR) is 99.5 cm³/mol. The highest BCUT2D eigenvalue weighted by Gasteiger charge is 2.22. The molecule has 8 nitrogen and oxygen atoms in total. The van der Waals surface area contributed by atoms with Gasteiger partial charge in [-0.3, -0.25) is 14.5 Å². The van der Waals surface area contributed by atoms with E-state index in [1.807, 2.05) is 5.38 Å². The maximum atomic E-state index is 12.8. The molecule has 0 radical (unpaired) electrons. The van der Waals surface area contributed by atoms with E-state index in [9.17, 15) is 14.4 Å². The smallest absolute Gasteiger partial charge is 0.437 e. The van der Waals surface area contributed by atoms with Crippen LogP contribution in [0.25, 0.3) is 10.8 Å². The highest BCUT2D eigenvalue weighted by atomic mass is 32.1. The van der Waals surface area contributed by atoms with Crippen molar-refractivity contribution < 1.29 is 18.7 Å². The average molecular weight is 387 g/mol. The van der Waals surface area contributed by atoms with E-state index in [1.54, 1.807) is 49.4 Å². The average Bonchev–Trinajstić information content (AvgIpc) is 3.31. The van der Waals surface area contributed by atoms with Gasteiger partial charge in [0.05, 0.1) is 11.5 Å². The van der Waals surface area contributed by atoms with Crippen molar-refractivity contribution in [2.24, 2.45) is 0 Å². The Morgan fingerprint density at radius 3 is 2.67 bits per heavy atom. The summed E-state index contributed by atoms with van der Waals surface area (Å²) in [6.45, 7) is 1.28. The maximum absolute atomic E-state index is 12.8. The van der Waals surface area contributed by atoms with Crippen LogP contribution in [0.3, 0.4) is 0 Å². The summed E-state index contributed by atoms with van der Waals surface area (Å²) >= 11 is 1.37. The van der Waals surface area contributed by atoms with Gasteiger partial charge in [0, 0.05) is 5.69 Å². The topological polar surface area (TPSA) is 94.6 Å². The quantitative estimate of drug-likeness (QED) is 0.577. The van der Waals surface area contributed by atoms with E-state index in [2.05, 4.69) is 5.10 Å². The Labute approximate surface area is 158 Å². The van der Waals surface area contributed by atoms with Gasteiger partial charge >= 0.3 is 11.7 Å². The molecule has 0 aliphatic carbocycles. The number of hydrogen-bond acceptors (Lipinski definition) is 7. The van der Waals surface area contributed by atoms with E-state index in [0.717, 1.165) is 4.68 Å². The van der Waals surface area contributed by atoms with Crippen LogP contribution in [-0.4, -0.2) is 34.8 Å². The van der Waals surface area contributed by atoms with Crippen molar-refractivity contribution in [1.82, 2.24) is 9.78 Å². The Morgan fingerprint density at radius 1 is 1.22 bits per heavy atom. The normalized spacial score (nSPS) is 10.6. The number of aromatic nitrogens is 2. The molecule has 0 spiro atoms. The Balaban J connectivity index is 1.82. The van der Waals surface area contributed by atoms with Gasteiger partial charge in [-0.2, -0.15) is 4.68 Å². The van der Waals surface area contributed by atoms with E-state index < -0.39 is 17.6 Å². The number of nitrogens with zero attached hydrogens (tertiary/aromatic N) is 3. The Hall–Kier alpha value is -3.20. The van der Waals surface area contributed by atoms with E-state index in [4.69, 9.17) is 9.15 Å². The lowest BCUT2D eigenvalue weighted by Gasteiger charge is -2.21. The molecule has 0 atom stereocenters. The summed E-state index contributed by atoms with van der Waals surface area (Å²) in [5.74, 6) is -1.61. The number of hydrogen-bond donors (Lipinski definition) is 0. The molecule has 2 heterocycles. The zero-order valence-corrected chi connectivity index (χ0v) is 15.3. The minimum absolute atomic E-state index is 0.152. The number of benzene rings is 1. The summed E-state index contributed by atoms with van der Waals surface area (Å²) in [7, 11) is 0. The molecule has 0 fully saturated rings. The van der Waals surface area contributed by atoms with Crippen LogP contribution in [0, 0.1) is 0 Å². The molecule has 3 rings (SSSR count). The van der Waals surface area contributed by atoms with Crippen molar-refractivity contribution in [3.63, 3.8) is 0 Å². The Morgan fingerprint density at radius 2 is 2.00 bits per heavy atom. The zero-order valence-electron chi connectivity index (χ0n) is 14.5. The lowest BCUT2D eigenvalue weighted by Crippen LogP contribution is -2.40. The second-order valence-corrected chi connectivity index (χ2v) is 6.38. The summed E-state index contributed by atoms with van der Waals surface area (Å²) in [6.07, 6.45) is 0. The molecule has 0 saturated carbocycles. The lowest BCUT2D eigenvalue weighted by atomic mass is 10.2. The van der Waals surface area contributed by atoms with Gasteiger partial charge in [0.25, 0.3) is 5.89 Å². The minimum atomic E-state index is -0.740. The molecular weight excluding hydrogens is 370 g/mol. The molecule has 1 aromatic carbocycles. The van der Waals surface area contributed by atoms with Crippen molar-refractivity contribution in [2.45, 2.75) is 13.5 Å². The molecule has 9 heteroatoms. The van der Waals surface area contributed by atoms with Crippen LogP contribution in [0.2, 0.25) is 0 Å². The fraction of sp³-hybridized carbons (Fsp3) is 0.222. The van der Waals surface area contributed by atoms with Crippen molar-refractivity contribution in [3.05, 3.63) is 58.4 Å². The number of ether oxygens (including phenoxy) is 1.